The van der Waals surface area contributed by atoms with E-state index in [1.54, 1.807) is 24.3 Å². The summed E-state index contributed by atoms with van der Waals surface area (Å²) in [4.78, 5) is 16.0. The number of pyridine rings is 1. The van der Waals surface area contributed by atoms with Crippen LogP contribution in [0.5, 0.6) is 11.5 Å². The quantitative estimate of drug-likeness (QED) is 0.0773. The number of carbonyl (C=O) groups is 1. The van der Waals surface area contributed by atoms with E-state index < -0.39 is 11.4 Å². The van der Waals surface area contributed by atoms with Crippen molar-refractivity contribution >= 4 is 40.6 Å². The molecule has 3 atom stereocenters. The lowest BCUT2D eigenvalue weighted by atomic mass is 9.85. The number of piperidine rings is 1. The smallest absolute Gasteiger partial charge is 0.320 e. The summed E-state index contributed by atoms with van der Waals surface area (Å²) in [6.07, 6.45) is 11.2. The van der Waals surface area contributed by atoms with E-state index in [4.69, 9.17) is 36.0 Å². The minimum absolute atomic E-state index is 0.197. The number of urea groups is 1. The molecule has 298 valence electrons. The minimum atomic E-state index is -0.452. The fraction of sp³-hybridized carbons (Fsp3) is 0.476. The molecule has 0 radical (unpaired) electrons. The Labute approximate surface area is 333 Å². The number of allylic oxidation sites excluding steroid dienone is 1. The molecule has 2 unspecified atom stereocenters. The molecule has 7 rings (SSSR count). The zero-order valence-electron chi connectivity index (χ0n) is 32.5. The van der Waals surface area contributed by atoms with Gasteiger partial charge >= 0.3 is 6.03 Å². The van der Waals surface area contributed by atoms with Crippen LogP contribution >= 0.6 is 11.6 Å². The average Bonchev–Trinajstić information content (AvgIpc) is 3.62. The highest BCUT2D eigenvalue weighted by Crippen LogP contribution is 2.39. The van der Waals surface area contributed by atoms with Gasteiger partial charge in [-0.15, -0.1) is 10.2 Å². The number of amides is 2. The zero-order chi connectivity index (χ0) is 39.1. The van der Waals surface area contributed by atoms with Gasteiger partial charge in [-0.3, -0.25) is 9.72 Å². The van der Waals surface area contributed by atoms with Crippen LogP contribution in [0.4, 0.5) is 16.4 Å². The maximum atomic E-state index is 13.7. The Balaban J connectivity index is 1.01. The Bertz CT molecular complexity index is 2020. The normalized spacial score (nSPS) is 20.2. The van der Waals surface area contributed by atoms with Gasteiger partial charge < -0.3 is 39.9 Å². The van der Waals surface area contributed by atoms with Gasteiger partial charge in [0.15, 0.2) is 11.9 Å². The standard InChI is InChI=1S/C42H53ClN8O5/c1-42(2,3)36(44)26-37(45-28-14-16-32(43)35(25-28)53-23-24-55-39-13-7-10-22-54-39)47-40(52)46-33-17-18-34(31-12-6-5-11-30(31)33)56-29-15-19-38-48-49-41(51(38)27-29)50-20-8-4-9-21-50/h5-6,11-12,14-16,19,25-27,33-34,39,44-45H,4,7-10,13,17-18,20-24H2,1-3H3,(H2,46,47,52)/b37-26+,44-36?/t33?,34-,39?/m1/s1. The predicted octanol–water partition coefficient (Wildman–Crippen LogP) is 8.57. The highest BCUT2D eigenvalue weighted by atomic mass is 35.5. The summed E-state index contributed by atoms with van der Waals surface area (Å²) in [6, 6.07) is 16.6. The molecule has 0 saturated carbocycles. The molecule has 4 heterocycles. The molecule has 2 fully saturated rings. The molecule has 56 heavy (non-hydrogen) atoms. The Morgan fingerprint density at radius 3 is 2.59 bits per heavy atom. The average molecular weight is 785 g/mol. The molecule has 0 bridgehead atoms. The maximum Gasteiger partial charge on any atom is 0.320 e. The lowest BCUT2D eigenvalue weighted by molar-refractivity contribution is -0.165. The van der Waals surface area contributed by atoms with Crippen molar-refractivity contribution in [2.24, 2.45) is 5.41 Å². The van der Waals surface area contributed by atoms with Crippen molar-refractivity contribution in [3.05, 3.63) is 88.8 Å². The largest absolute Gasteiger partial charge is 0.490 e. The monoisotopic (exact) mass is 784 g/mol. The van der Waals surface area contributed by atoms with Crippen LogP contribution in [0.3, 0.4) is 0 Å². The number of hydrogen-bond donors (Lipinski definition) is 4. The number of halogens is 1. The van der Waals surface area contributed by atoms with Gasteiger partial charge in [0.05, 0.1) is 23.9 Å². The number of rotatable bonds is 13. The van der Waals surface area contributed by atoms with Crippen molar-refractivity contribution < 1.29 is 23.7 Å². The first-order valence-corrected chi connectivity index (χ1v) is 20.1. The molecule has 2 aromatic carbocycles. The first-order valence-electron chi connectivity index (χ1n) is 19.8. The summed E-state index contributed by atoms with van der Waals surface area (Å²) < 4.78 is 26.1. The summed E-state index contributed by atoms with van der Waals surface area (Å²) >= 11 is 6.48. The number of hydrogen-bond acceptors (Lipinski definition) is 10. The van der Waals surface area contributed by atoms with E-state index in [-0.39, 0.29) is 18.4 Å². The van der Waals surface area contributed by atoms with Crippen LogP contribution in [0.2, 0.25) is 5.02 Å². The molecule has 3 aliphatic rings. The second kappa shape index (κ2) is 18.0. The van der Waals surface area contributed by atoms with Crippen molar-refractivity contribution in [3.63, 3.8) is 0 Å². The summed E-state index contributed by atoms with van der Waals surface area (Å²) in [5.41, 5.74) is 3.32. The Morgan fingerprint density at radius 1 is 0.982 bits per heavy atom. The predicted molar refractivity (Wildman–Crippen MR) is 218 cm³/mol. The Morgan fingerprint density at radius 2 is 1.80 bits per heavy atom. The number of carbonyl (C=O) groups excluding carboxylic acids is 1. The first kappa shape index (κ1) is 39.4. The first-order chi connectivity index (χ1) is 27.1. The van der Waals surface area contributed by atoms with Gasteiger partial charge in [0.2, 0.25) is 5.95 Å². The molecule has 2 aromatic heterocycles. The van der Waals surface area contributed by atoms with Crippen LogP contribution in [0, 0.1) is 10.8 Å². The molecular formula is C42H53ClN8O5. The third kappa shape index (κ3) is 9.93. The highest BCUT2D eigenvalue weighted by molar-refractivity contribution is 6.32. The van der Waals surface area contributed by atoms with Crippen molar-refractivity contribution in [2.75, 3.05) is 43.1 Å². The molecule has 2 aliphatic heterocycles. The number of nitrogens with zero attached hydrogens (tertiary/aromatic N) is 4. The van der Waals surface area contributed by atoms with E-state index in [0.29, 0.717) is 60.7 Å². The second-order valence-corrected chi connectivity index (χ2v) is 16.0. The van der Waals surface area contributed by atoms with Crippen LogP contribution in [-0.2, 0) is 9.47 Å². The molecule has 14 heteroatoms. The van der Waals surface area contributed by atoms with Gasteiger partial charge in [-0.25, -0.2) is 4.79 Å². The van der Waals surface area contributed by atoms with Crippen LogP contribution < -0.4 is 30.3 Å². The third-order valence-corrected chi connectivity index (χ3v) is 10.7. The van der Waals surface area contributed by atoms with Gasteiger partial charge in [-0.2, -0.15) is 0 Å². The van der Waals surface area contributed by atoms with Gasteiger partial charge in [0.1, 0.15) is 30.0 Å². The van der Waals surface area contributed by atoms with Gasteiger partial charge in [0, 0.05) is 48.7 Å². The molecule has 1 aliphatic carbocycles. The molecule has 0 spiro atoms. The van der Waals surface area contributed by atoms with Crippen LogP contribution in [0.25, 0.3) is 5.65 Å². The van der Waals surface area contributed by atoms with E-state index in [9.17, 15) is 4.79 Å². The zero-order valence-corrected chi connectivity index (χ0v) is 33.2. The van der Waals surface area contributed by atoms with Crippen LogP contribution in [0.15, 0.2) is 72.7 Å². The molecule has 4 aromatic rings. The topological polar surface area (TPSA) is 147 Å². The number of ether oxygens (including phenoxy) is 4. The molecular weight excluding hydrogens is 732 g/mol. The summed E-state index contributed by atoms with van der Waals surface area (Å²) in [7, 11) is 0. The van der Waals surface area contributed by atoms with E-state index >= 15 is 0 Å². The van der Waals surface area contributed by atoms with Gasteiger partial charge in [-0.05, 0) is 86.8 Å². The highest BCUT2D eigenvalue weighted by Gasteiger charge is 2.30. The fourth-order valence-corrected chi connectivity index (χ4v) is 7.40. The van der Waals surface area contributed by atoms with E-state index in [2.05, 4.69) is 37.1 Å². The maximum absolute atomic E-state index is 13.7. The number of fused-ring (bicyclic) bond motifs is 2. The number of benzene rings is 2. The summed E-state index contributed by atoms with van der Waals surface area (Å²) in [5, 5.41) is 27.5. The Kier molecular flexibility index (Phi) is 12.6. The van der Waals surface area contributed by atoms with E-state index in [1.807, 2.05) is 61.7 Å². The minimum Gasteiger partial charge on any atom is -0.490 e. The van der Waals surface area contributed by atoms with Crippen LogP contribution in [0.1, 0.15) is 95.4 Å². The van der Waals surface area contributed by atoms with Gasteiger partial charge in [-0.1, -0.05) is 56.6 Å². The number of nitrogens with one attached hydrogen (secondary N) is 4. The SMILES string of the molecule is CC(C)(C)C(=N)/C=C(/NC(=O)NC1CC[C@@H](Oc2ccc3nnc(N4CCCCC4)n3c2)c2ccccc21)Nc1ccc(Cl)c(OCCOC2CCCCO2)c1. The number of anilines is 2. The second-order valence-electron chi connectivity index (χ2n) is 15.6. The van der Waals surface area contributed by atoms with Crippen LogP contribution in [-0.4, -0.2) is 65.5 Å². The van der Waals surface area contributed by atoms with Crippen molar-refractivity contribution in [3.8, 4) is 11.5 Å². The lowest BCUT2D eigenvalue weighted by Crippen LogP contribution is -2.41. The molecule has 2 amide bonds. The van der Waals surface area contributed by atoms with Gasteiger partial charge in [0.25, 0.3) is 0 Å². The lowest BCUT2D eigenvalue weighted by Gasteiger charge is -2.32. The van der Waals surface area contributed by atoms with Crippen molar-refractivity contribution in [2.45, 2.75) is 90.6 Å². The van der Waals surface area contributed by atoms with E-state index in [0.717, 1.165) is 73.7 Å². The van der Waals surface area contributed by atoms with Crippen molar-refractivity contribution in [1.82, 2.24) is 25.2 Å². The molecule has 4 N–H and O–H groups in total. The molecule has 13 nitrogen and oxygen atoms in total. The summed E-state index contributed by atoms with van der Waals surface area (Å²) in [5.74, 6) is 2.40. The summed E-state index contributed by atoms with van der Waals surface area (Å²) in [6.45, 7) is 9.18. The van der Waals surface area contributed by atoms with Crippen molar-refractivity contribution in [1.29, 1.82) is 5.41 Å². The molecule has 2 saturated heterocycles. The Hall–Kier alpha value is -4.85. The fourth-order valence-electron chi connectivity index (χ4n) is 7.23. The van der Waals surface area contributed by atoms with E-state index in [1.165, 1.54) is 6.42 Å². The third-order valence-electron chi connectivity index (χ3n) is 10.4. The number of aromatic nitrogens is 3.